The third-order valence-corrected chi connectivity index (χ3v) is 5.50. The highest BCUT2D eigenvalue weighted by Gasteiger charge is 2.43. The summed E-state index contributed by atoms with van der Waals surface area (Å²) in [5.74, 6) is -0.0546. The lowest BCUT2D eigenvalue weighted by atomic mass is 9.99. The molecule has 1 saturated heterocycles. The number of rotatable bonds is 12. The van der Waals surface area contributed by atoms with E-state index in [-0.39, 0.29) is 18.1 Å². The first-order chi connectivity index (χ1) is 16.4. The van der Waals surface area contributed by atoms with Crippen LogP contribution in [0.4, 0.5) is 0 Å². The molecule has 34 heavy (non-hydrogen) atoms. The fourth-order valence-electron chi connectivity index (χ4n) is 3.60. The lowest BCUT2D eigenvalue weighted by Gasteiger charge is -2.39. The summed E-state index contributed by atoms with van der Waals surface area (Å²) in [6.07, 6.45) is 0.0720. The van der Waals surface area contributed by atoms with E-state index in [2.05, 4.69) is 20.5 Å². The highest BCUT2D eigenvalue weighted by atomic mass is 16.7. The smallest absolute Gasteiger partial charge is 0.186 e. The zero-order chi connectivity index (χ0) is 24.5. The maximum absolute atomic E-state index is 9.96. The molecule has 1 aliphatic heterocycles. The number of nitrogens with zero attached hydrogens (tertiary/aromatic N) is 5. The Kier molecular flexibility index (Phi) is 9.68. The van der Waals surface area contributed by atoms with Crippen LogP contribution in [0.25, 0.3) is 0 Å². The minimum Gasteiger partial charge on any atom is -0.506 e. The van der Waals surface area contributed by atoms with Gasteiger partial charge in [-0.05, 0) is 44.2 Å². The molecule has 1 aliphatic rings. The van der Waals surface area contributed by atoms with Crippen molar-refractivity contribution >= 4 is 6.21 Å². The Hall–Kier alpha value is -2.68. The first kappa shape index (κ1) is 25.9. The number of aliphatic hydroxyl groups is 4. The number of aliphatic hydroxyl groups excluding tert-OH is 4. The molecule has 2 aromatic rings. The molecule has 6 N–H and O–H groups in total. The standard InChI is InChI=1S/C21H31N5O8/c27-12-17-18(29)19(30)20(31)21(34-17)33-9-2-1-4-14-11-26(25-24-14)8-3-5-13-6-7-16(28)15(23-13)10-22-32/h6-7,10-11,17-21,27-32H,1-5,8-9,12H2/b22-10+/t17-,18-,19+,20-,21-/m1/s1. The number of aryl methyl sites for hydroxylation is 3. The lowest BCUT2D eigenvalue weighted by Crippen LogP contribution is -2.59. The van der Waals surface area contributed by atoms with Crippen molar-refractivity contribution < 1.29 is 40.2 Å². The van der Waals surface area contributed by atoms with Crippen LogP contribution in [-0.4, -0.2) is 101 Å². The summed E-state index contributed by atoms with van der Waals surface area (Å²) in [7, 11) is 0. The van der Waals surface area contributed by atoms with Crippen molar-refractivity contribution in [3.05, 3.63) is 35.4 Å². The summed E-state index contributed by atoms with van der Waals surface area (Å²) >= 11 is 0. The van der Waals surface area contributed by atoms with Crippen LogP contribution >= 0.6 is 0 Å². The molecule has 0 aromatic carbocycles. The van der Waals surface area contributed by atoms with E-state index in [4.69, 9.17) is 14.7 Å². The largest absolute Gasteiger partial charge is 0.506 e. The van der Waals surface area contributed by atoms with Crippen LogP contribution < -0.4 is 0 Å². The maximum atomic E-state index is 9.96. The normalized spacial score (nSPS) is 25.2. The highest BCUT2D eigenvalue weighted by molar-refractivity contribution is 5.80. The van der Waals surface area contributed by atoms with Gasteiger partial charge in [0.15, 0.2) is 6.29 Å². The second-order valence-electron chi connectivity index (χ2n) is 8.05. The molecule has 13 heteroatoms. The van der Waals surface area contributed by atoms with E-state index in [0.29, 0.717) is 25.8 Å². The Morgan fingerprint density at radius 1 is 1.06 bits per heavy atom. The summed E-state index contributed by atoms with van der Waals surface area (Å²) in [5, 5.41) is 68.1. The molecule has 188 valence electrons. The first-order valence-electron chi connectivity index (χ1n) is 11.1. The van der Waals surface area contributed by atoms with E-state index < -0.39 is 37.3 Å². The maximum Gasteiger partial charge on any atom is 0.186 e. The minimum absolute atomic E-state index is 0.0546. The van der Waals surface area contributed by atoms with Crippen molar-refractivity contribution in [1.29, 1.82) is 0 Å². The van der Waals surface area contributed by atoms with E-state index in [1.807, 2.05) is 6.20 Å². The average molecular weight is 482 g/mol. The molecule has 0 unspecified atom stereocenters. The zero-order valence-electron chi connectivity index (χ0n) is 18.6. The molecular weight excluding hydrogens is 450 g/mol. The van der Waals surface area contributed by atoms with Gasteiger partial charge in [0.25, 0.3) is 0 Å². The zero-order valence-corrected chi connectivity index (χ0v) is 18.6. The van der Waals surface area contributed by atoms with Gasteiger partial charge >= 0.3 is 0 Å². The van der Waals surface area contributed by atoms with E-state index in [1.165, 1.54) is 6.07 Å². The number of aromatic hydroxyl groups is 1. The fourth-order valence-corrected chi connectivity index (χ4v) is 3.60. The summed E-state index contributed by atoms with van der Waals surface area (Å²) in [4.78, 5) is 4.23. The number of hydrogen-bond donors (Lipinski definition) is 6. The Balaban J connectivity index is 1.34. The molecule has 0 radical (unpaired) electrons. The number of pyridine rings is 1. The van der Waals surface area contributed by atoms with Crippen molar-refractivity contribution in [3.63, 3.8) is 0 Å². The highest BCUT2D eigenvalue weighted by Crippen LogP contribution is 2.22. The molecule has 0 bridgehead atoms. The lowest BCUT2D eigenvalue weighted by molar-refractivity contribution is -0.301. The molecule has 0 saturated carbocycles. The Labute approximate surface area is 195 Å². The second kappa shape index (κ2) is 12.7. The molecule has 0 aliphatic carbocycles. The van der Waals surface area contributed by atoms with Crippen molar-refractivity contribution in [2.75, 3.05) is 13.2 Å². The molecule has 0 spiro atoms. The Bertz CT molecular complexity index is 924. The minimum atomic E-state index is -1.45. The van der Waals surface area contributed by atoms with Crippen LogP contribution in [0.5, 0.6) is 5.75 Å². The van der Waals surface area contributed by atoms with E-state index in [9.17, 15) is 25.5 Å². The van der Waals surface area contributed by atoms with Gasteiger partial charge in [-0.2, -0.15) is 0 Å². The van der Waals surface area contributed by atoms with Gasteiger partial charge in [0.05, 0.1) is 18.5 Å². The number of oxime groups is 1. The van der Waals surface area contributed by atoms with Gasteiger partial charge in [0.2, 0.25) is 0 Å². The van der Waals surface area contributed by atoms with Crippen LogP contribution in [0.2, 0.25) is 0 Å². The SMILES string of the molecule is OC[C@H]1O[C@@H](OCCCCc2cn(CCCc3ccc(O)c(/C=N/O)n3)nn2)[C@H](O)[C@@H](O)[C@@H]1O. The second-order valence-corrected chi connectivity index (χ2v) is 8.05. The molecule has 0 amide bonds. The monoisotopic (exact) mass is 481 g/mol. The average Bonchev–Trinajstić information content (AvgIpc) is 3.28. The van der Waals surface area contributed by atoms with Crippen LogP contribution in [0.3, 0.4) is 0 Å². The predicted molar refractivity (Wildman–Crippen MR) is 116 cm³/mol. The summed E-state index contributed by atoms with van der Waals surface area (Å²) in [5.41, 5.74) is 1.79. The molecule has 3 rings (SSSR count). The number of unbranched alkanes of at least 4 members (excludes halogenated alkanes) is 1. The van der Waals surface area contributed by atoms with E-state index in [0.717, 1.165) is 30.4 Å². The van der Waals surface area contributed by atoms with E-state index >= 15 is 0 Å². The van der Waals surface area contributed by atoms with E-state index in [1.54, 1.807) is 10.7 Å². The quantitative estimate of drug-likeness (QED) is 0.0937. The number of hydrogen-bond acceptors (Lipinski definition) is 12. The summed E-state index contributed by atoms with van der Waals surface area (Å²) < 4.78 is 12.5. The van der Waals surface area contributed by atoms with Crippen molar-refractivity contribution in [1.82, 2.24) is 20.0 Å². The van der Waals surface area contributed by atoms with Gasteiger partial charge in [-0.1, -0.05) is 10.4 Å². The Morgan fingerprint density at radius 2 is 1.85 bits per heavy atom. The molecule has 3 heterocycles. The van der Waals surface area contributed by atoms with Crippen molar-refractivity contribution in [2.24, 2.45) is 5.16 Å². The Morgan fingerprint density at radius 3 is 2.62 bits per heavy atom. The topological polar surface area (TPSA) is 196 Å². The van der Waals surface area contributed by atoms with Gasteiger partial charge < -0.3 is 40.2 Å². The molecule has 5 atom stereocenters. The van der Waals surface area contributed by atoms with Crippen LogP contribution in [0.15, 0.2) is 23.5 Å². The number of aromatic nitrogens is 4. The molecule has 1 fully saturated rings. The first-order valence-corrected chi connectivity index (χ1v) is 11.1. The number of ether oxygens (including phenoxy) is 2. The third kappa shape index (κ3) is 6.91. The van der Waals surface area contributed by atoms with Gasteiger partial charge in [-0.25, -0.2) is 4.98 Å². The van der Waals surface area contributed by atoms with Gasteiger partial charge in [-0.3, -0.25) is 4.68 Å². The van der Waals surface area contributed by atoms with Gasteiger partial charge in [0.1, 0.15) is 35.9 Å². The van der Waals surface area contributed by atoms with Crippen molar-refractivity contribution in [2.45, 2.75) is 69.4 Å². The summed E-state index contributed by atoms with van der Waals surface area (Å²) in [6, 6.07) is 3.22. The van der Waals surface area contributed by atoms with Gasteiger partial charge in [-0.15, -0.1) is 5.10 Å². The molecule has 13 nitrogen and oxygen atoms in total. The van der Waals surface area contributed by atoms with Crippen LogP contribution in [0, 0.1) is 0 Å². The van der Waals surface area contributed by atoms with Gasteiger partial charge in [0, 0.05) is 25.0 Å². The van der Waals surface area contributed by atoms with Crippen molar-refractivity contribution in [3.8, 4) is 5.75 Å². The summed E-state index contributed by atoms with van der Waals surface area (Å²) in [6.45, 7) is 0.407. The predicted octanol–water partition coefficient (Wildman–Crippen LogP) is -1.04. The third-order valence-electron chi connectivity index (χ3n) is 5.50. The fraction of sp³-hybridized carbons (Fsp3) is 0.619. The van der Waals surface area contributed by atoms with Crippen LogP contribution in [0.1, 0.15) is 36.3 Å². The molecule has 2 aromatic heterocycles. The van der Waals surface area contributed by atoms with Crippen LogP contribution in [-0.2, 0) is 28.9 Å². The molecular formula is C21H31N5O8.